The van der Waals surface area contributed by atoms with Crippen LogP contribution in [0.25, 0.3) is 0 Å². The molecule has 2 aliphatic heterocycles. The van der Waals surface area contributed by atoms with Crippen LogP contribution in [0.3, 0.4) is 0 Å². The summed E-state index contributed by atoms with van der Waals surface area (Å²) in [6.45, 7) is 2.18. The van der Waals surface area contributed by atoms with Crippen LogP contribution in [0.15, 0.2) is 24.3 Å². The number of hydrogen-bond donors (Lipinski definition) is 1. The van der Waals surface area contributed by atoms with Gasteiger partial charge >= 0.3 is 0 Å². The van der Waals surface area contributed by atoms with E-state index in [0.29, 0.717) is 5.17 Å². The summed E-state index contributed by atoms with van der Waals surface area (Å²) in [4.78, 5) is 1.89. The lowest BCUT2D eigenvalue weighted by molar-refractivity contribution is 0.601. The maximum Gasteiger partial charge on any atom is 0.161 e. The minimum atomic E-state index is -2.95. The number of benzene rings is 1. The summed E-state index contributed by atoms with van der Waals surface area (Å²) in [7, 11) is -2.95. The Balaban J connectivity index is 1.81. The number of amidine groups is 1. The highest BCUT2D eigenvalue weighted by atomic mass is 32.2. The zero-order valence-electron chi connectivity index (χ0n) is 12.1. The van der Waals surface area contributed by atoms with Gasteiger partial charge in [0, 0.05) is 10.9 Å². The highest BCUT2D eigenvalue weighted by Crippen LogP contribution is 2.40. The second-order valence-electron chi connectivity index (χ2n) is 5.75. The summed E-state index contributed by atoms with van der Waals surface area (Å²) in [6.07, 6.45) is 3.43. The van der Waals surface area contributed by atoms with Gasteiger partial charge in [0.15, 0.2) is 15.0 Å². The molecule has 21 heavy (non-hydrogen) atoms. The Morgan fingerprint density at radius 3 is 2.67 bits per heavy atom. The summed E-state index contributed by atoms with van der Waals surface area (Å²) >= 11 is 1.39. The molecular formula is C15H20N2O2S2. The first kappa shape index (κ1) is 14.9. The smallest absolute Gasteiger partial charge is 0.161 e. The van der Waals surface area contributed by atoms with Crippen molar-refractivity contribution in [3.8, 4) is 0 Å². The number of anilines is 1. The Morgan fingerprint density at radius 1 is 1.29 bits per heavy atom. The maximum absolute atomic E-state index is 11.8. The molecule has 4 nitrogen and oxygen atoms in total. The zero-order valence-corrected chi connectivity index (χ0v) is 13.7. The van der Waals surface area contributed by atoms with Gasteiger partial charge in [-0.1, -0.05) is 37.2 Å². The van der Waals surface area contributed by atoms with Gasteiger partial charge in [0.2, 0.25) is 0 Å². The number of thioether (sulfide) groups is 1. The lowest BCUT2D eigenvalue weighted by atomic mass is 10.1. The van der Waals surface area contributed by atoms with Crippen molar-refractivity contribution in [3.63, 3.8) is 0 Å². The van der Waals surface area contributed by atoms with Gasteiger partial charge < -0.3 is 4.90 Å². The SMILES string of the molecule is CCCCc1ccc(N2C(=N)S[C@H]3CS(=O)(=O)C[C@H]32)cc1. The van der Waals surface area contributed by atoms with Crippen LogP contribution >= 0.6 is 11.8 Å². The highest BCUT2D eigenvalue weighted by molar-refractivity contribution is 8.15. The molecular weight excluding hydrogens is 304 g/mol. The van der Waals surface area contributed by atoms with Gasteiger partial charge in [-0.2, -0.15) is 0 Å². The van der Waals surface area contributed by atoms with Crippen LogP contribution in [-0.4, -0.2) is 36.4 Å². The van der Waals surface area contributed by atoms with Crippen LogP contribution in [0.1, 0.15) is 25.3 Å². The number of rotatable bonds is 4. The van der Waals surface area contributed by atoms with Gasteiger partial charge in [-0.3, -0.25) is 5.41 Å². The molecule has 2 heterocycles. The van der Waals surface area contributed by atoms with Gasteiger partial charge in [-0.15, -0.1) is 0 Å². The molecule has 2 aliphatic rings. The Kier molecular flexibility index (Phi) is 4.01. The molecule has 2 saturated heterocycles. The molecule has 1 aromatic carbocycles. The molecule has 1 N–H and O–H groups in total. The monoisotopic (exact) mass is 324 g/mol. The molecule has 0 spiro atoms. The van der Waals surface area contributed by atoms with Crippen molar-refractivity contribution in [1.82, 2.24) is 0 Å². The van der Waals surface area contributed by atoms with Gasteiger partial charge in [0.1, 0.15) is 0 Å². The molecule has 0 aromatic heterocycles. The third kappa shape index (κ3) is 2.97. The third-order valence-electron chi connectivity index (χ3n) is 4.12. The Bertz CT molecular complexity index is 640. The van der Waals surface area contributed by atoms with E-state index < -0.39 is 9.84 Å². The van der Waals surface area contributed by atoms with Crippen molar-refractivity contribution < 1.29 is 8.42 Å². The molecule has 3 rings (SSSR count). The Hall–Kier alpha value is -1.01. The van der Waals surface area contributed by atoms with Gasteiger partial charge in [0.05, 0.1) is 17.5 Å². The predicted molar refractivity (Wildman–Crippen MR) is 89.1 cm³/mol. The van der Waals surface area contributed by atoms with Crippen LogP contribution in [0.2, 0.25) is 0 Å². The zero-order chi connectivity index (χ0) is 15.0. The fourth-order valence-corrected chi connectivity index (χ4v) is 6.81. The molecule has 2 atom stereocenters. The summed E-state index contributed by atoms with van der Waals surface area (Å²) < 4.78 is 23.6. The first-order chi connectivity index (χ1) is 10.00. The molecule has 6 heteroatoms. The highest BCUT2D eigenvalue weighted by Gasteiger charge is 2.48. The molecule has 0 amide bonds. The summed E-state index contributed by atoms with van der Waals surface area (Å²) in [5, 5.41) is 8.62. The molecule has 2 fully saturated rings. The number of unbranched alkanes of at least 4 members (excludes halogenated alkanes) is 1. The van der Waals surface area contributed by atoms with E-state index in [9.17, 15) is 8.42 Å². The molecule has 0 bridgehead atoms. The normalized spacial score (nSPS) is 27.1. The largest absolute Gasteiger partial charge is 0.316 e. The summed E-state index contributed by atoms with van der Waals surface area (Å²) in [5.41, 5.74) is 2.24. The van der Waals surface area contributed by atoms with Crippen LogP contribution < -0.4 is 4.90 Å². The number of aryl methyl sites for hydroxylation is 1. The number of sulfone groups is 1. The maximum atomic E-state index is 11.8. The first-order valence-electron chi connectivity index (χ1n) is 7.34. The summed E-state index contributed by atoms with van der Waals surface area (Å²) in [6, 6.07) is 8.16. The first-order valence-corrected chi connectivity index (χ1v) is 10.0. The van der Waals surface area contributed by atoms with E-state index in [1.54, 1.807) is 0 Å². The van der Waals surface area contributed by atoms with Crippen LogP contribution in [0, 0.1) is 5.41 Å². The molecule has 1 aromatic rings. The fraction of sp³-hybridized carbons (Fsp3) is 0.533. The van der Waals surface area contributed by atoms with Crippen molar-refractivity contribution in [2.24, 2.45) is 0 Å². The topological polar surface area (TPSA) is 61.2 Å². The lowest BCUT2D eigenvalue weighted by Gasteiger charge is -2.24. The molecule has 114 valence electrons. The summed E-state index contributed by atoms with van der Waals surface area (Å²) in [5.74, 6) is 0.375. The van der Waals surface area contributed by atoms with E-state index in [0.717, 1.165) is 12.1 Å². The number of nitrogens with one attached hydrogen (secondary N) is 1. The van der Waals surface area contributed by atoms with Crippen LogP contribution in [0.5, 0.6) is 0 Å². The third-order valence-corrected chi connectivity index (χ3v) is 7.25. The number of fused-ring (bicyclic) bond motifs is 1. The number of hydrogen-bond acceptors (Lipinski definition) is 4. The average Bonchev–Trinajstić information content (AvgIpc) is 2.87. The van der Waals surface area contributed by atoms with Crippen LogP contribution in [-0.2, 0) is 16.3 Å². The van der Waals surface area contributed by atoms with E-state index in [4.69, 9.17) is 5.41 Å². The van der Waals surface area contributed by atoms with E-state index >= 15 is 0 Å². The predicted octanol–water partition coefficient (Wildman–Crippen LogP) is 2.68. The van der Waals surface area contributed by atoms with E-state index in [2.05, 4.69) is 19.1 Å². The second kappa shape index (κ2) is 5.65. The molecule has 0 aliphatic carbocycles. The Labute approximate surface area is 130 Å². The molecule has 0 radical (unpaired) electrons. The van der Waals surface area contributed by atoms with Crippen molar-refractivity contribution in [2.75, 3.05) is 16.4 Å². The quantitative estimate of drug-likeness (QED) is 0.925. The average molecular weight is 324 g/mol. The standard InChI is InChI=1S/C15H20N2O2S2/c1-2-3-4-11-5-7-12(8-6-11)17-13-9-21(18,19)10-14(13)20-15(17)16/h5-8,13-14,16H,2-4,9-10H2,1H3/t13-,14+/m1/s1. The minimum Gasteiger partial charge on any atom is -0.316 e. The number of nitrogens with zero attached hydrogens (tertiary/aromatic N) is 1. The van der Waals surface area contributed by atoms with Gasteiger partial charge in [-0.25, -0.2) is 8.42 Å². The van der Waals surface area contributed by atoms with Crippen molar-refractivity contribution in [1.29, 1.82) is 5.41 Å². The van der Waals surface area contributed by atoms with Crippen molar-refractivity contribution >= 4 is 32.5 Å². The fourth-order valence-electron chi connectivity index (χ4n) is 3.01. The lowest BCUT2D eigenvalue weighted by Crippen LogP contribution is -2.37. The van der Waals surface area contributed by atoms with E-state index in [1.807, 2.05) is 17.0 Å². The van der Waals surface area contributed by atoms with Gasteiger partial charge in [-0.05, 0) is 30.5 Å². The van der Waals surface area contributed by atoms with E-state index in [1.165, 1.54) is 30.2 Å². The van der Waals surface area contributed by atoms with Gasteiger partial charge in [0.25, 0.3) is 0 Å². The molecule has 0 unspecified atom stereocenters. The van der Waals surface area contributed by atoms with Crippen LogP contribution in [0.4, 0.5) is 5.69 Å². The minimum absolute atomic E-state index is 0.0160. The van der Waals surface area contributed by atoms with Crippen molar-refractivity contribution in [2.45, 2.75) is 37.5 Å². The molecule has 0 saturated carbocycles. The van der Waals surface area contributed by atoms with Crippen molar-refractivity contribution in [3.05, 3.63) is 29.8 Å². The van der Waals surface area contributed by atoms with E-state index in [-0.39, 0.29) is 22.8 Å². The second-order valence-corrected chi connectivity index (χ2v) is 9.13. The Morgan fingerprint density at radius 2 is 2.00 bits per heavy atom.